The van der Waals surface area contributed by atoms with Crippen LogP contribution in [0.1, 0.15) is 12.5 Å². The largest absolute Gasteiger partial charge is 0.464 e. The summed E-state index contributed by atoms with van der Waals surface area (Å²) in [5.74, 6) is -0.324. The number of ether oxygens (including phenoxy) is 1. The van der Waals surface area contributed by atoms with E-state index in [0.717, 1.165) is 16.5 Å². The molecule has 0 spiro atoms. The summed E-state index contributed by atoms with van der Waals surface area (Å²) in [5, 5.41) is 1.02. The molecule has 0 aliphatic carbocycles. The van der Waals surface area contributed by atoms with Crippen molar-refractivity contribution in [2.24, 2.45) is 0 Å². The van der Waals surface area contributed by atoms with Crippen LogP contribution < -0.4 is 0 Å². The molecule has 0 amide bonds. The maximum Gasteiger partial charge on any atom is 0.330 e. The molecule has 82 valence electrons. The maximum atomic E-state index is 11.1. The predicted octanol–water partition coefficient (Wildman–Crippen LogP) is 3.01. The van der Waals surface area contributed by atoms with E-state index in [1.54, 1.807) is 19.3 Å². The minimum absolute atomic E-state index is 0.324. The van der Waals surface area contributed by atoms with E-state index >= 15 is 0 Å². The van der Waals surface area contributed by atoms with Crippen molar-refractivity contribution in [3.05, 3.63) is 42.2 Å². The van der Waals surface area contributed by atoms with E-state index in [1.165, 1.54) is 6.08 Å². The van der Waals surface area contributed by atoms with Crippen molar-refractivity contribution < 1.29 is 13.9 Å². The third-order valence-electron chi connectivity index (χ3n) is 2.17. The third kappa shape index (κ3) is 2.31. The molecule has 1 aromatic heterocycles. The molecule has 0 unspecified atom stereocenters. The summed E-state index contributed by atoms with van der Waals surface area (Å²) in [4.78, 5) is 11.1. The molecular formula is C13H12O3. The van der Waals surface area contributed by atoms with Gasteiger partial charge in [-0.15, -0.1) is 0 Å². The first kappa shape index (κ1) is 10.5. The van der Waals surface area contributed by atoms with Crippen molar-refractivity contribution in [3.63, 3.8) is 0 Å². The minimum Gasteiger partial charge on any atom is -0.464 e. The normalized spacial score (nSPS) is 11.1. The lowest BCUT2D eigenvalue weighted by Crippen LogP contribution is -1.98. The molecule has 16 heavy (non-hydrogen) atoms. The fourth-order valence-corrected chi connectivity index (χ4v) is 1.44. The zero-order valence-corrected chi connectivity index (χ0v) is 8.97. The second-order valence-corrected chi connectivity index (χ2v) is 3.30. The van der Waals surface area contributed by atoms with Gasteiger partial charge in [0.25, 0.3) is 0 Å². The molecule has 0 aliphatic heterocycles. The van der Waals surface area contributed by atoms with Gasteiger partial charge in [-0.2, -0.15) is 0 Å². The molecule has 3 heteroatoms. The van der Waals surface area contributed by atoms with Crippen LogP contribution in [0.5, 0.6) is 0 Å². The first-order chi connectivity index (χ1) is 7.79. The van der Waals surface area contributed by atoms with Crippen LogP contribution in [-0.4, -0.2) is 12.6 Å². The molecule has 0 radical (unpaired) electrons. The number of carbonyl (C=O) groups excluding carboxylic acids is 1. The van der Waals surface area contributed by atoms with Gasteiger partial charge in [0.05, 0.1) is 12.9 Å². The van der Waals surface area contributed by atoms with E-state index in [1.807, 2.05) is 24.3 Å². The Balaban J connectivity index is 2.17. The second kappa shape index (κ2) is 4.66. The Kier molecular flexibility index (Phi) is 3.05. The molecule has 2 aromatic rings. The number of hydrogen-bond acceptors (Lipinski definition) is 3. The fraction of sp³-hybridized carbons (Fsp3) is 0.154. The highest BCUT2D eigenvalue weighted by molar-refractivity contribution is 5.88. The lowest BCUT2D eigenvalue weighted by Gasteiger charge is -1.95. The number of benzene rings is 1. The number of carbonyl (C=O) groups is 1. The third-order valence-corrected chi connectivity index (χ3v) is 2.17. The monoisotopic (exact) mass is 216 g/mol. The van der Waals surface area contributed by atoms with Gasteiger partial charge in [-0.1, -0.05) is 6.07 Å². The zero-order valence-electron chi connectivity index (χ0n) is 8.97. The van der Waals surface area contributed by atoms with Crippen LogP contribution in [0.3, 0.4) is 0 Å². The summed E-state index contributed by atoms with van der Waals surface area (Å²) in [6, 6.07) is 7.60. The number of esters is 1. The van der Waals surface area contributed by atoms with Crippen LogP contribution in [0.4, 0.5) is 0 Å². The highest BCUT2D eigenvalue weighted by Crippen LogP contribution is 2.17. The lowest BCUT2D eigenvalue weighted by molar-refractivity contribution is -0.137. The van der Waals surface area contributed by atoms with Gasteiger partial charge in [-0.25, -0.2) is 4.79 Å². The van der Waals surface area contributed by atoms with Gasteiger partial charge in [0, 0.05) is 11.5 Å². The summed E-state index contributed by atoms with van der Waals surface area (Å²) in [7, 11) is 0. The van der Waals surface area contributed by atoms with E-state index in [2.05, 4.69) is 0 Å². The summed E-state index contributed by atoms with van der Waals surface area (Å²) in [6.45, 7) is 2.17. The topological polar surface area (TPSA) is 39.4 Å². The number of furan rings is 1. The first-order valence-electron chi connectivity index (χ1n) is 5.11. The fourth-order valence-electron chi connectivity index (χ4n) is 1.44. The van der Waals surface area contributed by atoms with Gasteiger partial charge in [0.2, 0.25) is 0 Å². The van der Waals surface area contributed by atoms with E-state index in [-0.39, 0.29) is 5.97 Å². The maximum absolute atomic E-state index is 11.1. The summed E-state index contributed by atoms with van der Waals surface area (Å²) in [5.41, 5.74) is 1.79. The summed E-state index contributed by atoms with van der Waals surface area (Å²) >= 11 is 0. The van der Waals surface area contributed by atoms with Gasteiger partial charge in [0.1, 0.15) is 5.58 Å². The van der Waals surface area contributed by atoms with Crippen LogP contribution in [0, 0.1) is 0 Å². The molecular weight excluding hydrogens is 204 g/mol. The van der Waals surface area contributed by atoms with Crippen molar-refractivity contribution in [3.8, 4) is 0 Å². The molecule has 3 nitrogen and oxygen atoms in total. The standard InChI is InChI=1S/C13H12O3/c1-2-15-13(14)6-4-10-3-5-12-11(9-10)7-8-16-12/h3-9H,2H2,1H3/b6-4-. The molecule has 0 fully saturated rings. The second-order valence-electron chi connectivity index (χ2n) is 3.30. The van der Waals surface area contributed by atoms with Gasteiger partial charge in [0.15, 0.2) is 0 Å². The van der Waals surface area contributed by atoms with E-state index in [4.69, 9.17) is 9.15 Å². The average molecular weight is 216 g/mol. The van der Waals surface area contributed by atoms with Crippen molar-refractivity contribution in [1.82, 2.24) is 0 Å². The Morgan fingerprint density at radius 1 is 1.44 bits per heavy atom. The molecule has 0 atom stereocenters. The van der Waals surface area contributed by atoms with E-state index in [0.29, 0.717) is 6.61 Å². The molecule has 0 saturated carbocycles. The Morgan fingerprint density at radius 2 is 2.31 bits per heavy atom. The Labute approximate surface area is 93.3 Å². The average Bonchev–Trinajstić information content (AvgIpc) is 2.74. The van der Waals surface area contributed by atoms with Crippen molar-refractivity contribution >= 4 is 23.0 Å². The number of rotatable bonds is 3. The van der Waals surface area contributed by atoms with Crippen LogP contribution in [0.15, 0.2) is 41.0 Å². The minimum atomic E-state index is -0.324. The summed E-state index contributed by atoms with van der Waals surface area (Å²) < 4.78 is 10.0. The Hall–Kier alpha value is -2.03. The van der Waals surface area contributed by atoms with Gasteiger partial charge in [-0.3, -0.25) is 0 Å². The zero-order chi connectivity index (χ0) is 11.4. The molecule has 0 N–H and O–H groups in total. The highest BCUT2D eigenvalue weighted by Gasteiger charge is 1.97. The van der Waals surface area contributed by atoms with Crippen molar-refractivity contribution in [1.29, 1.82) is 0 Å². The first-order valence-corrected chi connectivity index (χ1v) is 5.11. The molecule has 0 aliphatic rings. The number of fused-ring (bicyclic) bond motifs is 1. The molecule has 1 heterocycles. The quantitative estimate of drug-likeness (QED) is 0.584. The SMILES string of the molecule is CCOC(=O)/C=C\c1ccc2occc2c1. The molecule has 1 aromatic carbocycles. The number of hydrogen-bond donors (Lipinski definition) is 0. The van der Waals surface area contributed by atoms with Crippen molar-refractivity contribution in [2.45, 2.75) is 6.92 Å². The Morgan fingerprint density at radius 3 is 3.12 bits per heavy atom. The van der Waals surface area contributed by atoms with Crippen LogP contribution in [0.25, 0.3) is 17.0 Å². The van der Waals surface area contributed by atoms with Crippen LogP contribution >= 0.6 is 0 Å². The lowest BCUT2D eigenvalue weighted by atomic mass is 10.1. The Bertz CT molecular complexity index is 523. The van der Waals surface area contributed by atoms with Gasteiger partial charge >= 0.3 is 5.97 Å². The highest BCUT2D eigenvalue weighted by atomic mass is 16.5. The molecule has 2 rings (SSSR count). The molecule has 0 saturated heterocycles. The van der Waals surface area contributed by atoms with Crippen molar-refractivity contribution in [2.75, 3.05) is 6.61 Å². The van der Waals surface area contributed by atoms with E-state index < -0.39 is 0 Å². The predicted molar refractivity (Wildman–Crippen MR) is 61.9 cm³/mol. The van der Waals surface area contributed by atoms with Crippen LogP contribution in [-0.2, 0) is 9.53 Å². The van der Waals surface area contributed by atoms with Crippen LogP contribution in [0.2, 0.25) is 0 Å². The molecule has 0 bridgehead atoms. The van der Waals surface area contributed by atoms with E-state index in [9.17, 15) is 4.79 Å². The van der Waals surface area contributed by atoms with Gasteiger partial charge < -0.3 is 9.15 Å². The smallest absolute Gasteiger partial charge is 0.330 e. The summed E-state index contributed by atoms with van der Waals surface area (Å²) in [6.07, 6.45) is 4.79. The van der Waals surface area contributed by atoms with Gasteiger partial charge in [-0.05, 0) is 36.8 Å².